The van der Waals surface area contributed by atoms with E-state index in [1.54, 1.807) is 0 Å². The van der Waals surface area contributed by atoms with E-state index in [4.69, 9.17) is 9.84 Å². The van der Waals surface area contributed by atoms with E-state index in [0.717, 1.165) is 38.3 Å². The Hall–Kier alpha value is -1.20. The summed E-state index contributed by atoms with van der Waals surface area (Å²) >= 11 is 0. The number of phenols is 1. The highest BCUT2D eigenvalue weighted by molar-refractivity contribution is 5.29. The summed E-state index contributed by atoms with van der Waals surface area (Å²) in [7, 11) is 0. The van der Waals surface area contributed by atoms with Crippen molar-refractivity contribution in [2.75, 3.05) is 19.8 Å². The van der Waals surface area contributed by atoms with Gasteiger partial charge in [0, 0.05) is 19.7 Å². The molecule has 17 heavy (non-hydrogen) atoms. The van der Waals surface area contributed by atoms with Crippen LogP contribution in [0.25, 0.3) is 0 Å². The van der Waals surface area contributed by atoms with Crippen LogP contribution in [0.2, 0.25) is 0 Å². The molecule has 1 aromatic carbocycles. The molecule has 1 aliphatic rings. The number of ether oxygens (including phenoxy) is 1. The van der Waals surface area contributed by atoms with Crippen molar-refractivity contribution in [2.24, 2.45) is 5.92 Å². The molecule has 1 aliphatic heterocycles. The Labute approximate surface area is 98.4 Å². The number of nitrogens with one attached hydrogen (secondary N) is 1. The third-order valence-electron chi connectivity index (χ3n) is 2.86. The molecule has 1 unspecified atom stereocenters. The number of halogens is 2. The molecule has 0 bridgehead atoms. The molecule has 0 saturated carbocycles. The van der Waals surface area contributed by atoms with Crippen molar-refractivity contribution >= 4 is 0 Å². The predicted octanol–water partition coefficient (Wildman–Crippen LogP) is 1.80. The summed E-state index contributed by atoms with van der Waals surface area (Å²) in [4.78, 5) is 0. The molecule has 1 saturated heterocycles. The van der Waals surface area contributed by atoms with Crippen molar-refractivity contribution < 1.29 is 18.6 Å². The number of aromatic hydroxyl groups is 1. The Morgan fingerprint density at radius 3 is 2.65 bits per heavy atom. The first-order chi connectivity index (χ1) is 8.16. The Morgan fingerprint density at radius 1 is 1.35 bits per heavy atom. The lowest BCUT2D eigenvalue weighted by molar-refractivity contribution is 0.185. The van der Waals surface area contributed by atoms with Crippen LogP contribution in [0.5, 0.6) is 5.75 Å². The summed E-state index contributed by atoms with van der Waals surface area (Å²) in [5.41, 5.74) is 0.483. The van der Waals surface area contributed by atoms with Crippen LogP contribution in [-0.2, 0) is 11.3 Å². The minimum absolute atomic E-state index is 0.380. The van der Waals surface area contributed by atoms with Crippen LogP contribution >= 0.6 is 0 Å². The van der Waals surface area contributed by atoms with Gasteiger partial charge >= 0.3 is 0 Å². The smallest absolute Gasteiger partial charge is 0.187 e. The maximum Gasteiger partial charge on any atom is 0.187 e. The van der Waals surface area contributed by atoms with E-state index < -0.39 is 17.4 Å². The Kier molecular flexibility index (Phi) is 3.91. The van der Waals surface area contributed by atoms with Crippen LogP contribution < -0.4 is 5.32 Å². The Balaban J connectivity index is 1.86. The van der Waals surface area contributed by atoms with E-state index in [1.165, 1.54) is 0 Å². The second kappa shape index (κ2) is 5.42. The second-order valence-electron chi connectivity index (χ2n) is 4.27. The fraction of sp³-hybridized carbons (Fsp3) is 0.500. The highest BCUT2D eigenvalue weighted by Gasteiger charge is 2.15. The van der Waals surface area contributed by atoms with Gasteiger partial charge in [-0.2, -0.15) is 0 Å². The maximum atomic E-state index is 13.0. The van der Waals surface area contributed by atoms with Gasteiger partial charge in [0.1, 0.15) is 0 Å². The molecular weight excluding hydrogens is 228 g/mol. The Morgan fingerprint density at radius 2 is 2.06 bits per heavy atom. The van der Waals surface area contributed by atoms with E-state index in [9.17, 15) is 8.78 Å². The first-order valence-corrected chi connectivity index (χ1v) is 5.62. The first kappa shape index (κ1) is 12.3. The van der Waals surface area contributed by atoms with Gasteiger partial charge < -0.3 is 15.2 Å². The van der Waals surface area contributed by atoms with Crippen LogP contribution in [0, 0.1) is 17.6 Å². The van der Waals surface area contributed by atoms with Crippen molar-refractivity contribution in [2.45, 2.75) is 13.0 Å². The van der Waals surface area contributed by atoms with E-state index >= 15 is 0 Å². The molecule has 5 heteroatoms. The van der Waals surface area contributed by atoms with Gasteiger partial charge in [-0.25, -0.2) is 8.78 Å². The molecule has 1 heterocycles. The summed E-state index contributed by atoms with van der Waals surface area (Å²) in [5, 5.41) is 12.1. The third kappa shape index (κ3) is 3.14. The summed E-state index contributed by atoms with van der Waals surface area (Å²) in [5.74, 6) is -2.29. The quantitative estimate of drug-likeness (QED) is 0.847. The van der Waals surface area contributed by atoms with Crippen molar-refractivity contribution in [3.63, 3.8) is 0 Å². The normalized spacial score (nSPS) is 19.8. The lowest BCUT2D eigenvalue weighted by Crippen LogP contribution is -2.22. The van der Waals surface area contributed by atoms with Crippen LogP contribution in [0.3, 0.4) is 0 Å². The zero-order valence-electron chi connectivity index (χ0n) is 9.38. The number of benzene rings is 1. The second-order valence-corrected chi connectivity index (χ2v) is 4.27. The molecule has 2 rings (SSSR count). The minimum Gasteiger partial charge on any atom is -0.503 e. The molecule has 0 radical (unpaired) electrons. The van der Waals surface area contributed by atoms with Crippen molar-refractivity contribution in [3.8, 4) is 5.75 Å². The fourth-order valence-corrected chi connectivity index (χ4v) is 1.89. The molecule has 1 fully saturated rings. The van der Waals surface area contributed by atoms with E-state index in [-0.39, 0.29) is 0 Å². The largest absolute Gasteiger partial charge is 0.503 e. The molecule has 3 nitrogen and oxygen atoms in total. The molecule has 0 amide bonds. The van der Waals surface area contributed by atoms with Gasteiger partial charge in [-0.1, -0.05) is 0 Å². The van der Waals surface area contributed by atoms with Crippen LogP contribution in [0.15, 0.2) is 12.1 Å². The van der Waals surface area contributed by atoms with Crippen LogP contribution in [0.1, 0.15) is 12.0 Å². The molecule has 1 aromatic rings. The average molecular weight is 243 g/mol. The predicted molar refractivity (Wildman–Crippen MR) is 58.7 cm³/mol. The highest BCUT2D eigenvalue weighted by Crippen LogP contribution is 2.21. The summed E-state index contributed by atoms with van der Waals surface area (Å²) in [6, 6.07) is 2.27. The van der Waals surface area contributed by atoms with E-state index in [1.807, 2.05) is 0 Å². The van der Waals surface area contributed by atoms with Crippen LogP contribution in [0.4, 0.5) is 8.78 Å². The number of hydrogen-bond donors (Lipinski definition) is 2. The standard InChI is InChI=1S/C12H15F2NO2/c13-10-3-9(4-11(14)12(10)16)6-15-5-8-1-2-17-7-8/h3-4,8,15-16H,1-2,5-7H2. The van der Waals surface area contributed by atoms with Gasteiger partial charge in [-0.15, -0.1) is 0 Å². The maximum absolute atomic E-state index is 13.0. The topological polar surface area (TPSA) is 41.5 Å². The minimum atomic E-state index is -0.925. The van der Waals surface area contributed by atoms with Gasteiger partial charge in [0.15, 0.2) is 17.4 Å². The van der Waals surface area contributed by atoms with Crippen molar-refractivity contribution in [3.05, 3.63) is 29.3 Å². The van der Waals surface area contributed by atoms with E-state index in [0.29, 0.717) is 18.0 Å². The molecular formula is C12H15F2NO2. The molecule has 0 aromatic heterocycles. The van der Waals surface area contributed by atoms with Gasteiger partial charge in [0.05, 0.1) is 6.61 Å². The number of hydrogen-bond acceptors (Lipinski definition) is 3. The lowest BCUT2D eigenvalue weighted by atomic mass is 10.1. The van der Waals surface area contributed by atoms with Gasteiger partial charge in [0.2, 0.25) is 0 Å². The fourth-order valence-electron chi connectivity index (χ4n) is 1.89. The highest BCUT2D eigenvalue weighted by atomic mass is 19.1. The third-order valence-corrected chi connectivity index (χ3v) is 2.86. The number of phenolic OH excluding ortho intramolecular Hbond substituents is 1. The summed E-state index contributed by atoms with van der Waals surface area (Å²) in [6.45, 7) is 2.68. The molecule has 0 aliphatic carbocycles. The molecule has 2 N–H and O–H groups in total. The first-order valence-electron chi connectivity index (χ1n) is 5.62. The number of rotatable bonds is 4. The summed E-state index contributed by atoms with van der Waals surface area (Å²) in [6.07, 6.45) is 1.02. The van der Waals surface area contributed by atoms with E-state index in [2.05, 4.69) is 5.32 Å². The molecule has 94 valence electrons. The lowest BCUT2D eigenvalue weighted by Gasteiger charge is -2.10. The average Bonchev–Trinajstić information content (AvgIpc) is 2.79. The van der Waals surface area contributed by atoms with Gasteiger partial charge in [-0.3, -0.25) is 0 Å². The molecule has 0 spiro atoms. The monoisotopic (exact) mass is 243 g/mol. The van der Waals surface area contributed by atoms with Crippen molar-refractivity contribution in [1.82, 2.24) is 5.32 Å². The molecule has 1 atom stereocenters. The van der Waals surface area contributed by atoms with Crippen LogP contribution in [-0.4, -0.2) is 24.9 Å². The van der Waals surface area contributed by atoms with Crippen molar-refractivity contribution in [1.29, 1.82) is 0 Å². The zero-order valence-corrected chi connectivity index (χ0v) is 9.38. The van der Waals surface area contributed by atoms with Gasteiger partial charge in [-0.05, 0) is 30.0 Å². The zero-order chi connectivity index (χ0) is 12.3. The summed E-state index contributed by atoms with van der Waals surface area (Å²) < 4.78 is 31.3. The SMILES string of the molecule is Oc1c(F)cc(CNCC2CCOC2)cc1F. The Bertz CT molecular complexity index is 369. The van der Waals surface area contributed by atoms with Gasteiger partial charge in [0.25, 0.3) is 0 Å².